The number of nitrogens with zero attached hydrogens (tertiary/aromatic N) is 1. The lowest BCUT2D eigenvalue weighted by Gasteiger charge is -2.24. The minimum absolute atomic E-state index is 0.427. The highest BCUT2D eigenvalue weighted by atomic mass is 14.9. The normalized spacial score (nSPS) is 19.6. The van der Waals surface area contributed by atoms with Gasteiger partial charge >= 0.3 is 0 Å². The Morgan fingerprint density at radius 2 is 2.19 bits per heavy atom. The van der Waals surface area contributed by atoms with Crippen molar-refractivity contribution in [1.29, 1.82) is 0 Å². The largest absolute Gasteiger partial charge is 0.310 e. The Morgan fingerprint density at radius 1 is 1.38 bits per heavy atom. The number of hydrogen-bond acceptors (Lipinski definition) is 2. The molecule has 0 amide bonds. The predicted molar refractivity (Wildman–Crippen MR) is 67.2 cm³/mol. The van der Waals surface area contributed by atoms with Crippen molar-refractivity contribution < 1.29 is 0 Å². The van der Waals surface area contributed by atoms with Crippen LogP contribution in [0.3, 0.4) is 0 Å². The van der Waals surface area contributed by atoms with Gasteiger partial charge in [-0.25, -0.2) is 0 Å². The molecule has 1 atom stereocenters. The van der Waals surface area contributed by atoms with Crippen molar-refractivity contribution in [3.8, 4) is 0 Å². The third-order valence-corrected chi connectivity index (χ3v) is 3.62. The minimum atomic E-state index is 0.427. The fraction of sp³-hybridized carbons (Fsp3) is 0.643. The van der Waals surface area contributed by atoms with Gasteiger partial charge in [-0.15, -0.1) is 0 Å². The molecule has 1 heterocycles. The summed E-state index contributed by atoms with van der Waals surface area (Å²) < 4.78 is 0. The SMILES string of the molecule is CC(NCC1CCCCC1)c1cccnc1. The first kappa shape index (κ1) is 11.6. The summed E-state index contributed by atoms with van der Waals surface area (Å²) in [5.74, 6) is 0.896. The number of hydrogen-bond donors (Lipinski definition) is 1. The van der Waals surface area contributed by atoms with E-state index in [4.69, 9.17) is 0 Å². The Balaban J connectivity index is 1.77. The molecule has 2 rings (SSSR count). The molecule has 1 fully saturated rings. The monoisotopic (exact) mass is 218 g/mol. The molecule has 1 aliphatic rings. The van der Waals surface area contributed by atoms with Crippen LogP contribution in [0.25, 0.3) is 0 Å². The second-order valence-electron chi connectivity index (χ2n) is 4.92. The van der Waals surface area contributed by atoms with Crippen molar-refractivity contribution in [2.45, 2.75) is 45.1 Å². The van der Waals surface area contributed by atoms with Crippen molar-refractivity contribution in [3.63, 3.8) is 0 Å². The number of rotatable bonds is 4. The molecule has 0 aliphatic heterocycles. The maximum absolute atomic E-state index is 4.16. The van der Waals surface area contributed by atoms with Crippen LogP contribution in [0.2, 0.25) is 0 Å². The zero-order chi connectivity index (χ0) is 11.2. The van der Waals surface area contributed by atoms with Crippen LogP contribution in [0.1, 0.15) is 50.6 Å². The second-order valence-corrected chi connectivity index (χ2v) is 4.92. The molecule has 16 heavy (non-hydrogen) atoms. The van der Waals surface area contributed by atoms with Crippen LogP contribution in [-0.2, 0) is 0 Å². The van der Waals surface area contributed by atoms with Gasteiger partial charge in [0.25, 0.3) is 0 Å². The smallest absolute Gasteiger partial charge is 0.0315 e. The zero-order valence-electron chi connectivity index (χ0n) is 10.2. The number of nitrogens with one attached hydrogen (secondary N) is 1. The molecule has 1 aromatic rings. The average molecular weight is 218 g/mol. The van der Waals surface area contributed by atoms with Gasteiger partial charge in [-0.2, -0.15) is 0 Å². The lowest BCUT2D eigenvalue weighted by molar-refractivity contribution is 0.331. The molecule has 0 aromatic carbocycles. The molecule has 88 valence electrons. The van der Waals surface area contributed by atoms with E-state index in [0.717, 1.165) is 12.5 Å². The quantitative estimate of drug-likeness (QED) is 0.838. The Morgan fingerprint density at radius 3 is 2.88 bits per heavy atom. The fourth-order valence-corrected chi connectivity index (χ4v) is 2.48. The summed E-state index contributed by atoms with van der Waals surface area (Å²) in [6, 6.07) is 4.58. The molecular formula is C14H22N2. The molecule has 2 heteroatoms. The topological polar surface area (TPSA) is 24.9 Å². The molecular weight excluding hydrogens is 196 g/mol. The molecule has 1 saturated carbocycles. The first-order valence-electron chi connectivity index (χ1n) is 6.49. The van der Waals surface area contributed by atoms with E-state index in [2.05, 4.69) is 23.3 Å². The maximum Gasteiger partial charge on any atom is 0.0315 e. The highest BCUT2D eigenvalue weighted by Gasteiger charge is 2.14. The average Bonchev–Trinajstić information content (AvgIpc) is 2.38. The van der Waals surface area contributed by atoms with E-state index < -0.39 is 0 Å². The Bertz CT molecular complexity index is 291. The van der Waals surface area contributed by atoms with E-state index in [1.807, 2.05) is 18.5 Å². The molecule has 1 N–H and O–H groups in total. The van der Waals surface area contributed by atoms with E-state index in [1.54, 1.807) is 0 Å². The van der Waals surface area contributed by atoms with Crippen molar-refractivity contribution in [2.24, 2.45) is 5.92 Å². The van der Waals surface area contributed by atoms with Crippen molar-refractivity contribution in [3.05, 3.63) is 30.1 Å². The van der Waals surface area contributed by atoms with Gasteiger partial charge in [-0.3, -0.25) is 4.98 Å². The summed E-state index contributed by atoms with van der Waals surface area (Å²) in [7, 11) is 0. The Kier molecular flexibility index (Phi) is 4.34. The van der Waals surface area contributed by atoms with Gasteiger partial charge in [0.05, 0.1) is 0 Å². The summed E-state index contributed by atoms with van der Waals surface area (Å²) in [6.45, 7) is 3.38. The van der Waals surface area contributed by atoms with Crippen LogP contribution in [0.4, 0.5) is 0 Å². The maximum atomic E-state index is 4.16. The lowest BCUT2D eigenvalue weighted by Crippen LogP contribution is -2.27. The van der Waals surface area contributed by atoms with Gasteiger partial charge in [0.1, 0.15) is 0 Å². The highest BCUT2D eigenvalue weighted by molar-refractivity contribution is 5.12. The minimum Gasteiger partial charge on any atom is -0.310 e. The standard InChI is InChI=1S/C14H22N2/c1-12(14-8-5-9-15-11-14)16-10-13-6-3-2-4-7-13/h5,8-9,11-13,16H,2-4,6-7,10H2,1H3. The van der Waals surface area contributed by atoms with Crippen LogP contribution >= 0.6 is 0 Å². The van der Waals surface area contributed by atoms with Gasteiger partial charge in [0, 0.05) is 18.4 Å². The molecule has 0 bridgehead atoms. The van der Waals surface area contributed by atoms with Gasteiger partial charge in [-0.05, 0) is 43.9 Å². The van der Waals surface area contributed by atoms with Crippen molar-refractivity contribution in [2.75, 3.05) is 6.54 Å². The van der Waals surface area contributed by atoms with E-state index in [9.17, 15) is 0 Å². The summed E-state index contributed by atoms with van der Waals surface area (Å²) in [5.41, 5.74) is 1.29. The lowest BCUT2D eigenvalue weighted by atomic mass is 9.89. The van der Waals surface area contributed by atoms with E-state index in [1.165, 1.54) is 37.7 Å². The molecule has 1 unspecified atom stereocenters. The zero-order valence-corrected chi connectivity index (χ0v) is 10.2. The first-order chi connectivity index (χ1) is 7.86. The van der Waals surface area contributed by atoms with Gasteiger partial charge in [0.2, 0.25) is 0 Å². The molecule has 0 saturated heterocycles. The molecule has 1 aromatic heterocycles. The van der Waals surface area contributed by atoms with Crippen LogP contribution in [0.5, 0.6) is 0 Å². The summed E-state index contributed by atoms with van der Waals surface area (Å²) in [5, 5.41) is 3.63. The number of aromatic nitrogens is 1. The van der Waals surface area contributed by atoms with Crippen LogP contribution < -0.4 is 5.32 Å². The number of pyridine rings is 1. The second kappa shape index (κ2) is 6.00. The molecule has 0 radical (unpaired) electrons. The van der Waals surface area contributed by atoms with Crippen molar-refractivity contribution in [1.82, 2.24) is 10.3 Å². The van der Waals surface area contributed by atoms with Crippen LogP contribution in [0.15, 0.2) is 24.5 Å². The summed E-state index contributed by atoms with van der Waals surface area (Å²) in [6.07, 6.45) is 10.9. The summed E-state index contributed by atoms with van der Waals surface area (Å²) >= 11 is 0. The summed E-state index contributed by atoms with van der Waals surface area (Å²) in [4.78, 5) is 4.16. The molecule has 1 aliphatic carbocycles. The van der Waals surface area contributed by atoms with Gasteiger partial charge in [-0.1, -0.05) is 25.3 Å². The fourth-order valence-electron chi connectivity index (χ4n) is 2.48. The van der Waals surface area contributed by atoms with E-state index in [-0.39, 0.29) is 0 Å². The first-order valence-corrected chi connectivity index (χ1v) is 6.49. The van der Waals surface area contributed by atoms with E-state index in [0.29, 0.717) is 6.04 Å². The Labute approximate surface area is 98.5 Å². The van der Waals surface area contributed by atoms with E-state index >= 15 is 0 Å². The third kappa shape index (κ3) is 3.31. The van der Waals surface area contributed by atoms with Gasteiger partial charge < -0.3 is 5.32 Å². The predicted octanol–water partition coefficient (Wildman–Crippen LogP) is 3.31. The molecule has 0 spiro atoms. The highest BCUT2D eigenvalue weighted by Crippen LogP contribution is 2.23. The van der Waals surface area contributed by atoms with Crippen LogP contribution in [0, 0.1) is 5.92 Å². The van der Waals surface area contributed by atoms with Crippen molar-refractivity contribution >= 4 is 0 Å². The Hall–Kier alpha value is -0.890. The van der Waals surface area contributed by atoms with Crippen LogP contribution in [-0.4, -0.2) is 11.5 Å². The van der Waals surface area contributed by atoms with Gasteiger partial charge in [0.15, 0.2) is 0 Å². The third-order valence-electron chi connectivity index (χ3n) is 3.62. The molecule has 2 nitrogen and oxygen atoms in total.